The van der Waals surface area contributed by atoms with E-state index < -0.39 is 0 Å². The van der Waals surface area contributed by atoms with Gasteiger partial charge >= 0.3 is 0 Å². The summed E-state index contributed by atoms with van der Waals surface area (Å²) in [5.41, 5.74) is 0. The lowest BCUT2D eigenvalue weighted by atomic mass is 10.0. The highest BCUT2D eigenvalue weighted by Crippen LogP contribution is 2.13. The highest BCUT2D eigenvalue weighted by molar-refractivity contribution is 4.86. The third-order valence-corrected chi connectivity index (χ3v) is 4.32. The molecule has 1 rings (SSSR count). The summed E-state index contributed by atoms with van der Waals surface area (Å²) >= 11 is 0. The molecule has 0 aliphatic carbocycles. The Labute approximate surface area is 132 Å². The van der Waals surface area contributed by atoms with Gasteiger partial charge in [0.25, 0.3) is 0 Å². The molecule has 0 aromatic carbocycles. The molecule has 21 heavy (non-hydrogen) atoms. The first-order chi connectivity index (χ1) is 10.4. The molecule has 0 saturated heterocycles. The number of aromatic amines is 1. The van der Waals surface area contributed by atoms with Crippen LogP contribution in [0, 0.1) is 0 Å². The van der Waals surface area contributed by atoms with E-state index in [0.717, 1.165) is 12.2 Å². The Kier molecular flexibility index (Phi) is 12.3. The zero-order chi connectivity index (χ0) is 15.0. The van der Waals surface area contributed by atoms with Gasteiger partial charge in [-0.25, -0.2) is 4.98 Å². The van der Waals surface area contributed by atoms with Gasteiger partial charge in [0.1, 0.15) is 5.82 Å². The molecule has 0 aliphatic heterocycles. The second-order valence-electron chi connectivity index (χ2n) is 6.38. The number of aryl methyl sites for hydroxylation is 1. The third-order valence-electron chi connectivity index (χ3n) is 4.32. The minimum atomic E-state index is 1.12. The Hall–Kier alpha value is -0.790. The number of imidazole rings is 1. The maximum absolute atomic E-state index is 4.26. The Balaban J connectivity index is 1.69. The molecule has 1 aromatic heterocycles. The van der Waals surface area contributed by atoms with Gasteiger partial charge in [-0.3, -0.25) is 0 Å². The molecule has 2 heteroatoms. The average Bonchev–Trinajstić information content (AvgIpc) is 3.01. The zero-order valence-electron chi connectivity index (χ0n) is 14.2. The predicted molar refractivity (Wildman–Crippen MR) is 92.6 cm³/mol. The van der Waals surface area contributed by atoms with Crippen LogP contribution >= 0.6 is 0 Å². The van der Waals surface area contributed by atoms with Gasteiger partial charge in [0.15, 0.2) is 0 Å². The molecular weight excluding hydrogens is 256 g/mol. The van der Waals surface area contributed by atoms with Crippen molar-refractivity contribution in [3.8, 4) is 0 Å². The summed E-state index contributed by atoms with van der Waals surface area (Å²) in [7, 11) is 0. The molecule has 0 aliphatic rings. The second-order valence-corrected chi connectivity index (χ2v) is 6.38. The molecule has 0 atom stereocenters. The van der Waals surface area contributed by atoms with E-state index in [4.69, 9.17) is 0 Å². The van der Waals surface area contributed by atoms with Crippen molar-refractivity contribution in [3.05, 3.63) is 18.2 Å². The van der Waals surface area contributed by atoms with Crippen molar-refractivity contribution in [1.29, 1.82) is 0 Å². The van der Waals surface area contributed by atoms with Crippen LogP contribution < -0.4 is 0 Å². The fourth-order valence-electron chi connectivity index (χ4n) is 2.92. The van der Waals surface area contributed by atoms with Gasteiger partial charge < -0.3 is 4.98 Å². The lowest BCUT2D eigenvalue weighted by Gasteiger charge is -2.03. The van der Waals surface area contributed by atoms with Gasteiger partial charge in [-0.2, -0.15) is 0 Å². The molecule has 122 valence electrons. The maximum atomic E-state index is 4.26. The van der Waals surface area contributed by atoms with Gasteiger partial charge in [-0.05, 0) is 6.42 Å². The van der Waals surface area contributed by atoms with Crippen molar-refractivity contribution in [1.82, 2.24) is 9.97 Å². The van der Waals surface area contributed by atoms with Crippen molar-refractivity contribution < 1.29 is 0 Å². The Morgan fingerprint density at radius 2 is 1.19 bits per heavy atom. The van der Waals surface area contributed by atoms with E-state index in [1.807, 2.05) is 12.4 Å². The lowest BCUT2D eigenvalue weighted by Crippen LogP contribution is -1.88. The normalized spacial score (nSPS) is 11.1. The van der Waals surface area contributed by atoms with Crippen LogP contribution in [0.5, 0.6) is 0 Å². The molecule has 1 heterocycles. The third kappa shape index (κ3) is 11.5. The smallest absolute Gasteiger partial charge is 0.105 e. The lowest BCUT2D eigenvalue weighted by molar-refractivity contribution is 0.535. The number of unbranched alkanes of at least 4 members (excludes halogenated alkanes) is 13. The molecule has 0 bridgehead atoms. The van der Waals surface area contributed by atoms with Crippen LogP contribution in [0.15, 0.2) is 12.4 Å². The number of H-pyrrole nitrogens is 1. The number of hydrogen-bond acceptors (Lipinski definition) is 1. The highest BCUT2D eigenvalue weighted by Gasteiger charge is 1.96. The van der Waals surface area contributed by atoms with E-state index in [0.29, 0.717) is 0 Å². The summed E-state index contributed by atoms with van der Waals surface area (Å²) < 4.78 is 0. The van der Waals surface area contributed by atoms with E-state index in [1.54, 1.807) is 0 Å². The van der Waals surface area contributed by atoms with Crippen molar-refractivity contribution in [2.24, 2.45) is 0 Å². The quantitative estimate of drug-likeness (QED) is 0.370. The first-order valence-corrected chi connectivity index (χ1v) is 9.41. The van der Waals surface area contributed by atoms with Crippen molar-refractivity contribution >= 4 is 0 Å². The molecule has 0 amide bonds. The Morgan fingerprint density at radius 1 is 0.714 bits per heavy atom. The fourth-order valence-corrected chi connectivity index (χ4v) is 2.92. The summed E-state index contributed by atoms with van der Waals surface area (Å²) in [5, 5.41) is 0. The topological polar surface area (TPSA) is 28.7 Å². The minimum Gasteiger partial charge on any atom is -0.349 e. The summed E-state index contributed by atoms with van der Waals surface area (Å²) in [6.07, 6.45) is 24.8. The van der Waals surface area contributed by atoms with Crippen molar-refractivity contribution in [2.45, 2.75) is 103 Å². The van der Waals surface area contributed by atoms with Crippen molar-refractivity contribution in [2.75, 3.05) is 0 Å². The monoisotopic (exact) mass is 292 g/mol. The summed E-state index contributed by atoms with van der Waals surface area (Å²) in [6.45, 7) is 2.29. The predicted octanol–water partition coefficient (Wildman–Crippen LogP) is 6.43. The van der Waals surface area contributed by atoms with E-state index >= 15 is 0 Å². The maximum Gasteiger partial charge on any atom is 0.105 e. The second kappa shape index (κ2) is 14.2. The van der Waals surface area contributed by atoms with Gasteiger partial charge in [-0.1, -0.05) is 90.4 Å². The fraction of sp³-hybridized carbons (Fsp3) is 0.842. The molecule has 2 nitrogen and oxygen atoms in total. The van der Waals surface area contributed by atoms with Gasteiger partial charge in [-0.15, -0.1) is 0 Å². The van der Waals surface area contributed by atoms with Gasteiger partial charge in [0, 0.05) is 18.8 Å². The first-order valence-electron chi connectivity index (χ1n) is 9.41. The van der Waals surface area contributed by atoms with E-state index in [-0.39, 0.29) is 0 Å². The standard InChI is InChI=1S/C19H36N2/c1-2-3-4-5-6-7-8-9-10-11-12-13-14-15-16-19-20-17-18-21-19/h17-18H,2-16H2,1H3,(H,20,21). The van der Waals surface area contributed by atoms with E-state index in [2.05, 4.69) is 16.9 Å². The van der Waals surface area contributed by atoms with Crippen LogP contribution in [-0.2, 0) is 6.42 Å². The largest absolute Gasteiger partial charge is 0.349 e. The van der Waals surface area contributed by atoms with E-state index in [1.165, 1.54) is 89.9 Å². The van der Waals surface area contributed by atoms with Crippen LogP contribution in [0.4, 0.5) is 0 Å². The van der Waals surface area contributed by atoms with Crippen LogP contribution in [0.25, 0.3) is 0 Å². The SMILES string of the molecule is CCCCCCCCCCCCCCCCc1ncc[nH]1. The molecule has 0 fully saturated rings. The van der Waals surface area contributed by atoms with Crippen LogP contribution in [0.1, 0.15) is 103 Å². The van der Waals surface area contributed by atoms with E-state index in [9.17, 15) is 0 Å². The Morgan fingerprint density at radius 3 is 1.62 bits per heavy atom. The van der Waals surface area contributed by atoms with Crippen molar-refractivity contribution in [3.63, 3.8) is 0 Å². The minimum absolute atomic E-state index is 1.12. The summed E-state index contributed by atoms with van der Waals surface area (Å²) in [4.78, 5) is 7.43. The highest BCUT2D eigenvalue weighted by atomic mass is 14.9. The first kappa shape index (κ1) is 18.3. The molecule has 0 spiro atoms. The molecule has 0 unspecified atom stereocenters. The van der Waals surface area contributed by atoms with Crippen LogP contribution in [0.3, 0.4) is 0 Å². The van der Waals surface area contributed by atoms with Crippen LogP contribution in [-0.4, -0.2) is 9.97 Å². The average molecular weight is 293 g/mol. The zero-order valence-corrected chi connectivity index (χ0v) is 14.2. The molecular formula is C19H36N2. The number of nitrogens with one attached hydrogen (secondary N) is 1. The van der Waals surface area contributed by atoms with Gasteiger partial charge in [0.05, 0.1) is 0 Å². The molecule has 1 N–H and O–H groups in total. The summed E-state index contributed by atoms with van der Waals surface area (Å²) in [6, 6.07) is 0. The molecule has 1 aromatic rings. The number of aromatic nitrogens is 2. The number of nitrogens with zero attached hydrogens (tertiary/aromatic N) is 1. The molecule has 0 radical (unpaired) electrons. The molecule has 0 saturated carbocycles. The van der Waals surface area contributed by atoms with Crippen LogP contribution in [0.2, 0.25) is 0 Å². The van der Waals surface area contributed by atoms with Gasteiger partial charge in [0.2, 0.25) is 0 Å². The Bertz CT molecular complexity index is 293. The number of rotatable bonds is 15. The summed E-state index contributed by atoms with van der Waals surface area (Å²) in [5.74, 6) is 1.15. The number of hydrogen-bond donors (Lipinski definition) is 1.